The van der Waals surface area contributed by atoms with Crippen LogP contribution in [0.3, 0.4) is 0 Å². The van der Waals surface area contributed by atoms with Gasteiger partial charge < -0.3 is 14.7 Å². The lowest BCUT2D eigenvalue weighted by Crippen LogP contribution is -2.17. The molecule has 1 saturated heterocycles. The van der Waals surface area contributed by atoms with E-state index in [-0.39, 0.29) is 12.2 Å². The lowest BCUT2D eigenvalue weighted by molar-refractivity contribution is -0.139. The van der Waals surface area contributed by atoms with Crippen molar-refractivity contribution in [3.63, 3.8) is 0 Å². The molecule has 2 aliphatic heterocycles. The summed E-state index contributed by atoms with van der Waals surface area (Å²) in [7, 11) is 1.94. The van der Waals surface area contributed by atoms with Crippen molar-refractivity contribution in [3.8, 4) is 5.75 Å². The Kier molecular flexibility index (Phi) is 5.49. The molecule has 0 aliphatic carbocycles. The minimum Gasteiger partial charge on any atom is -0.481 e. The number of aliphatic carboxylic acids is 1. The van der Waals surface area contributed by atoms with Gasteiger partial charge in [0.25, 0.3) is 0 Å². The molecule has 2 heterocycles. The number of hydrogen-bond donors (Lipinski definition) is 1. The number of hydrogen-bond acceptors (Lipinski definition) is 6. The number of carbonyl (C=O) groups is 2. The van der Waals surface area contributed by atoms with Crippen LogP contribution in [0.1, 0.15) is 13.3 Å². The number of thiocarbonyl (C=S) groups is 1. The maximum absolute atomic E-state index is 12.5. The largest absolute Gasteiger partial charge is 0.481 e. The highest BCUT2D eigenvalue weighted by Gasteiger charge is 2.36. The van der Waals surface area contributed by atoms with Gasteiger partial charge in [0, 0.05) is 12.4 Å². The molecular weight excluding hydrogens is 418 g/mol. The van der Waals surface area contributed by atoms with Gasteiger partial charge in [0.1, 0.15) is 0 Å². The zero-order chi connectivity index (χ0) is 21.4. The summed E-state index contributed by atoms with van der Waals surface area (Å²) in [5.74, 6) is -0.464. The topological polar surface area (TPSA) is 66.8 Å². The third-order valence-corrected chi connectivity index (χ3v) is 6.60. The van der Waals surface area contributed by atoms with E-state index in [9.17, 15) is 9.59 Å². The average molecular weight is 438 g/mol. The number of benzene rings is 2. The third kappa shape index (κ3) is 3.78. The zero-order valence-electron chi connectivity index (χ0n) is 16.4. The van der Waals surface area contributed by atoms with Crippen LogP contribution in [0.5, 0.6) is 5.75 Å². The van der Waals surface area contributed by atoms with Crippen molar-refractivity contribution >= 4 is 56.4 Å². The van der Waals surface area contributed by atoms with Crippen LogP contribution in [-0.2, 0) is 9.59 Å². The molecule has 1 atom stereocenters. The fourth-order valence-corrected chi connectivity index (χ4v) is 4.95. The molecule has 30 heavy (non-hydrogen) atoms. The van der Waals surface area contributed by atoms with Gasteiger partial charge in [0.2, 0.25) is 0 Å². The average Bonchev–Trinajstić information content (AvgIpc) is 3.17. The van der Waals surface area contributed by atoms with Crippen molar-refractivity contribution < 1.29 is 19.4 Å². The molecule has 0 spiro atoms. The molecule has 5 nitrogen and oxygen atoms in total. The summed E-state index contributed by atoms with van der Waals surface area (Å²) >= 11 is 6.37. The van der Waals surface area contributed by atoms with Crippen LogP contribution in [0.25, 0.3) is 10.8 Å². The Hall–Kier alpha value is -2.90. The molecule has 1 fully saturated rings. The van der Waals surface area contributed by atoms with Gasteiger partial charge >= 0.3 is 5.97 Å². The first-order valence-corrected chi connectivity index (χ1v) is 10.6. The zero-order valence-corrected chi connectivity index (χ0v) is 18.0. The number of rotatable bonds is 4. The molecule has 2 aliphatic rings. The quantitative estimate of drug-likeness (QED) is 0.529. The predicted octanol–water partition coefficient (Wildman–Crippen LogP) is 5.07. The number of carboxylic acids is 1. The number of thioether (sulfide) groups is 1. The molecule has 7 heteroatoms. The van der Waals surface area contributed by atoms with E-state index in [0.717, 1.165) is 27.8 Å². The second kappa shape index (κ2) is 8.08. The number of carboxylic acid groups (broad SMARTS) is 1. The van der Waals surface area contributed by atoms with Crippen LogP contribution < -0.4 is 9.64 Å². The van der Waals surface area contributed by atoms with Gasteiger partial charge in [-0.25, -0.2) is 0 Å². The Morgan fingerprint density at radius 1 is 1.30 bits per heavy atom. The first-order chi connectivity index (χ1) is 14.3. The van der Waals surface area contributed by atoms with Crippen LogP contribution >= 0.6 is 24.0 Å². The maximum Gasteiger partial charge on any atom is 0.304 e. The summed E-state index contributed by atoms with van der Waals surface area (Å²) in [4.78, 5) is 25.9. The fraction of sp³-hybridized carbons (Fsp3) is 0.174. The minimum atomic E-state index is -1.02. The SMILES string of the molecule is CC(=CC=C1Oc2c(ccc3ccccc23)N1C)C=C1SC(=S)C(CC(=O)O)C1=O. The first kappa shape index (κ1) is 20.4. The summed E-state index contributed by atoms with van der Waals surface area (Å²) in [6.45, 7) is 1.88. The summed E-state index contributed by atoms with van der Waals surface area (Å²) in [6, 6.07) is 12.2. The molecule has 152 valence electrons. The Labute approximate surface area is 183 Å². The highest BCUT2D eigenvalue weighted by molar-refractivity contribution is 8.27. The molecule has 0 bridgehead atoms. The van der Waals surface area contributed by atoms with Crippen LogP contribution in [0.2, 0.25) is 0 Å². The highest BCUT2D eigenvalue weighted by Crippen LogP contribution is 2.43. The molecule has 2 aromatic rings. The Morgan fingerprint density at radius 3 is 2.83 bits per heavy atom. The van der Waals surface area contributed by atoms with Crippen LogP contribution in [0, 0.1) is 5.92 Å². The molecule has 0 saturated carbocycles. The van der Waals surface area contributed by atoms with Crippen molar-refractivity contribution in [2.24, 2.45) is 5.92 Å². The number of ether oxygens (including phenoxy) is 1. The number of Topliss-reactive ketones (excluding diaryl/α,β-unsaturated/α-hetero) is 1. The molecular formula is C23H19NO4S2. The maximum atomic E-state index is 12.5. The number of anilines is 1. The molecule has 1 unspecified atom stereocenters. The summed E-state index contributed by atoms with van der Waals surface area (Å²) < 4.78 is 6.53. The van der Waals surface area contributed by atoms with E-state index in [2.05, 4.69) is 12.1 Å². The molecule has 0 amide bonds. The first-order valence-electron chi connectivity index (χ1n) is 9.36. The molecule has 1 N–H and O–H groups in total. The number of fused-ring (bicyclic) bond motifs is 3. The van der Waals surface area contributed by atoms with Crippen LogP contribution in [0.4, 0.5) is 5.69 Å². The van der Waals surface area contributed by atoms with Gasteiger partial charge in [-0.15, -0.1) is 0 Å². The summed E-state index contributed by atoms with van der Waals surface area (Å²) in [5.41, 5.74) is 1.84. The molecule has 0 aromatic heterocycles. The lowest BCUT2D eigenvalue weighted by atomic mass is 10.0. The Morgan fingerprint density at radius 2 is 2.07 bits per heavy atom. The van der Waals surface area contributed by atoms with Crippen molar-refractivity contribution in [1.82, 2.24) is 0 Å². The smallest absolute Gasteiger partial charge is 0.304 e. The van der Waals surface area contributed by atoms with Gasteiger partial charge in [-0.05, 0) is 36.1 Å². The van der Waals surface area contributed by atoms with Gasteiger partial charge in [0.15, 0.2) is 17.4 Å². The van der Waals surface area contributed by atoms with E-state index in [1.165, 1.54) is 11.8 Å². The van der Waals surface area contributed by atoms with E-state index in [0.29, 0.717) is 15.0 Å². The van der Waals surface area contributed by atoms with E-state index in [1.807, 2.05) is 55.3 Å². The van der Waals surface area contributed by atoms with E-state index in [4.69, 9.17) is 22.1 Å². The normalized spacial score (nSPS) is 21.6. The Bertz CT molecular complexity index is 1180. The fourth-order valence-electron chi connectivity index (χ4n) is 3.46. The van der Waals surface area contributed by atoms with E-state index < -0.39 is 11.9 Å². The number of carbonyl (C=O) groups excluding carboxylic acids is 1. The number of allylic oxidation sites excluding steroid dienone is 5. The standard InChI is InChI=1S/C23H19NO4S2/c1-13(11-18-21(27)16(12-20(25)26)23(29)30-18)7-10-19-24(2)17-9-8-14-5-3-4-6-15(14)22(17)28-19/h3-11,16H,12H2,1-2H3,(H,25,26). The monoisotopic (exact) mass is 437 g/mol. The molecule has 0 radical (unpaired) electrons. The predicted molar refractivity (Wildman–Crippen MR) is 124 cm³/mol. The minimum absolute atomic E-state index is 0.221. The van der Waals surface area contributed by atoms with Gasteiger partial charge in [0.05, 0.1) is 27.1 Å². The summed E-state index contributed by atoms with van der Waals surface area (Å²) in [6.07, 6.45) is 5.21. The molecule has 2 aromatic carbocycles. The second-order valence-corrected chi connectivity index (χ2v) is 8.94. The third-order valence-electron chi connectivity index (χ3n) is 5.04. The van der Waals surface area contributed by atoms with E-state index >= 15 is 0 Å². The van der Waals surface area contributed by atoms with Crippen molar-refractivity contribution in [3.05, 3.63) is 71.0 Å². The van der Waals surface area contributed by atoms with Crippen LogP contribution in [0.15, 0.2) is 71.0 Å². The van der Waals surface area contributed by atoms with Crippen molar-refractivity contribution in [2.75, 3.05) is 11.9 Å². The summed E-state index contributed by atoms with van der Waals surface area (Å²) in [5, 5.41) is 11.1. The van der Waals surface area contributed by atoms with Gasteiger partial charge in [-0.3, -0.25) is 9.59 Å². The highest BCUT2D eigenvalue weighted by atomic mass is 32.2. The van der Waals surface area contributed by atoms with Crippen molar-refractivity contribution in [1.29, 1.82) is 0 Å². The van der Waals surface area contributed by atoms with Gasteiger partial charge in [-0.1, -0.05) is 60.4 Å². The number of nitrogens with zero attached hydrogens (tertiary/aromatic N) is 1. The van der Waals surface area contributed by atoms with Crippen molar-refractivity contribution in [2.45, 2.75) is 13.3 Å². The van der Waals surface area contributed by atoms with Gasteiger partial charge in [-0.2, -0.15) is 0 Å². The lowest BCUT2D eigenvalue weighted by Gasteiger charge is -2.10. The van der Waals surface area contributed by atoms with Crippen LogP contribution in [-0.4, -0.2) is 28.1 Å². The van der Waals surface area contributed by atoms with E-state index in [1.54, 1.807) is 6.08 Å². The number of ketones is 1. The molecule has 4 rings (SSSR count). The second-order valence-electron chi connectivity index (χ2n) is 7.16. The Balaban J connectivity index is 1.56.